The number of esters is 1. The maximum absolute atomic E-state index is 13.8. The third-order valence-corrected chi connectivity index (χ3v) is 6.69. The second-order valence-corrected chi connectivity index (χ2v) is 11.4. The predicted molar refractivity (Wildman–Crippen MR) is 145 cm³/mol. The number of likely N-dealkylation sites (N-methyl/N-ethyl adjacent to an activating group) is 2. The molecule has 1 aromatic carbocycles. The van der Waals surface area contributed by atoms with E-state index in [1.807, 2.05) is 78.8 Å². The molecule has 0 unspecified atom stereocenters. The van der Waals surface area contributed by atoms with Gasteiger partial charge in [0, 0.05) is 18.0 Å². The molecule has 0 aliphatic rings. The summed E-state index contributed by atoms with van der Waals surface area (Å²) in [5.74, 6) is -0.811. The molecule has 0 saturated carbocycles. The van der Waals surface area contributed by atoms with Crippen LogP contribution in [0.25, 0.3) is 0 Å². The number of carbonyl (C=O) groups excluding carboxylic acids is 3. The van der Waals surface area contributed by atoms with Crippen LogP contribution in [0.3, 0.4) is 0 Å². The minimum Gasteiger partial charge on any atom is -0.463 e. The van der Waals surface area contributed by atoms with Crippen molar-refractivity contribution in [1.29, 1.82) is 0 Å². The zero-order valence-corrected chi connectivity index (χ0v) is 24.1. The van der Waals surface area contributed by atoms with Gasteiger partial charge in [0.25, 0.3) is 0 Å². The number of carbonyl (C=O) groups is 3. The predicted octanol–water partition coefficient (Wildman–Crippen LogP) is 4.08. The maximum atomic E-state index is 13.8. The zero-order valence-electron chi connectivity index (χ0n) is 24.1. The van der Waals surface area contributed by atoms with Crippen molar-refractivity contribution in [3.05, 3.63) is 47.5 Å². The fourth-order valence-electron chi connectivity index (χ4n) is 4.40. The van der Waals surface area contributed by atoms with E-state index in [0.717, 1.165) is 5.56 Å². The van der Waals surface area contributed by atoms with E-state index in [-0.39, 0.29) is 30.4 Å². The van der Waals surface area contributed by atoms with Crippen LogP contribution in [0.1, 0.15) is 67.9 Å². The summed E-state index contributed by atoms with van der Waals surface area (Å²) in [7, 11) is 3.48. The molecule has 7 nitrogen and oxygen atoms in total. The summed E-state index contributed by atoms with van der Waals surface area (Å²) in [6.07, 6.45) is 1.77. The van der Waals surface area contributed by atoms with Gasteiger partial charge in [0.2, 0.25) is 11.8 Å². The molecule has 0 spiro atoms. The number of amides is 2. The van der Waals surface area contributed by atoms with Crippen molar-refractivity contribution in [3.63, 3.8) is 0 Å². The van der Waals surface area contributed by atoms with Gasteiger partial charge in [0.05, 0.1) is 18.7 Å². The normalized spacial score (nSPS) is 15.2. The molecule has 0 aliphatic carbocycles. The van der Waals surface area contributed by atoms with E-state index in [0.29, 0.717) is 5.57 Å². The summed E-state index contributed by atoms with van der Waals surface area (Å²) in [5, 5.41) is 6.21. The highest BCUT2D eigenvalue weighted by atomic mass is 16.5. The Morgan fingerprint density at radius 2 is 1.58 bits per heavy atom. The topological polar surface area (TPSA) is 87.7 Å². The van der Waals surface area contributed by atoms with E-state index in [1.54, 1.807) is 38.9 Å². The Balaban J connectivity index is 3.28. The highest BCUT2D eigenvalue weighted by Gasteiger charge is 2.41. The van der Waals surface area contributed by atoms with E-state index in [2.05, 4.69) is 10.6 Å². The Hall–Kier alpha value is -2.67. The largest absolute Gasteiger partial charge is 0.463 e. The van der Waals surface area contributed by atoms with Crippen molar-refractivity contribution >= 4 is 17.8 Å². The van der Waals surface area contributed by atoms with Crippen LogP contribution in [-0.2, 0) is 24.5 Å². The summed E-state index contributed by atoms with van der Waals surface area (Å²) in [6, 6.07) is 8.19. The molecule has 2 amide bonds. The van der Waals surface area contributed by atoms with Crippen LogP contribution in [0.2, 0.25) is 0 Å². The molecule has 0 aromatic heterocycles. The first-order chi connectivity index (χ1) is 16.6. The Bertz CT molecular complexity index is 916. The van der Waals surface area contributed by atoms with Crippen LogP contribution in [0.15, 0.2) is 42.0 Å². The fraction of sp³-hybridized carbons (Fsp3) is 0.621. The third-order valence-electron chi connectivity index (χ3n) is 6.69. The van der Waals surface area contributed by atoms with E-state index in [1.165, 1.54) is 0 Å². The van der Waals surface area contributed by atoms with Crippen molar-refractivity contribution in [1.82, 2.24) is 15.5 Å². The molecular weight excluding hydrogens is 454 g/mol. The van der Waals surface area contributed by atoms with Crippen molar-refractivity contribution in [2.45, 2.75) is 85.9 Å². The highest BCUT2D eigenvalue weighted by molar-refractivity contribution is 5.92. The van der Waals surface area contributed by atoms with Gasteiger partial charge in [0.1, 0.15) is 6.04 Å². The van der Waals surface area contributed by atoms with Gasteiger partial charge in [-0.1, -0.05) is 84.9 Å². The lowest BCUT2D eigenvalue weighted by atomic mass is 9.76. The SMILES string of the molecule is CCOC(=O)/C(C)=C/[C@H](C(C)C)N(C)C(=O)[C@@H](NC(=O)[C@H](NC)C(C)(C)c1ccccc1)C(C)(C)C. The minimum absolute atomic E-state index is 0.0433. The Labute approximate surface area is 218 Å². The van der Waals surface area contributed by atoms with Crippen molar-refractivity contribution in [3.8, 4) is 0 Å². The second kappa shape index (κ2) is 13.0. The van der Waals surface area contributed by atoms with Gasteiger partial charge in [-0.3, -0.25) is 9.59 Å². The maximum Gasteiger partial charge on any atom is 0.333 e. The van der Waals surface area contributed by atoms with E-state index in [9.17, 15) is 14.4 Å². The van der Waals surface area contributed by atoms with Crippen LogP contribution in [-0.4, -0.2) is 61.5 Å². The average Bonchev–Trinajstić information content (AvgIpc) is 2.80. The molecule has 7 heteroatoms. The van der Waals surface area contributed by atoms with Gasteiger partial charge < -0.3 is 20.3 Å². The van der Waals surface area contributed by atoms with Gasteiger partial charge in [-0.15, -0.1) is 0 Å². The van der Waals surface area contributed by atoms with E-state index < -0.39 is 28.9 Å². The first kappa shape index (κ1) is 31.4. The standard InChI is InChI=1S/C29H47N3O4/c1-12-36-27(35)20(4)18-22(19(2)3)32(11)26(34)24(28(5,6)7)31-25(33)23(30-10)29(8,9)21-16-14-13-15-17-21/h13-19,22-24,30H,12H2,1-11H3,(H,31,33)/b20-18+/t22-,23+,24-/m1/s1. The van der Waals surface area contributed by atoms with Crippen LogP contribution in [0, 0.1) is 11.3 Å². The molecular formula is C29H47N3O4. The Morgan fingerprint density at radius 3 is 2.03 bits per heavy atom. The molecule has 2 N–H and O–H groups in total. The number of nitrogens with zero attached hydrogens (tertiary/aromatic N) is 1. The molecule has 0 bridgehead atoms. The van der Waals surface area contributed by atoms with E-state index >= 15 is 0 Å². The zero-order chi connectivity index (χ0) is 27.8. The molecule has 1 rings (SSSR count). The number of benzene rings is 1. The summed E-state index contributed by atoms with van der Waals surface area (Å²) in [5.41, 5.74) is 0.413. The molecule has 202 valence electrons. The van der Waals surface area contributed by atoms with Gasteiger partial charge in [0.15, 0.2) is 0 Å². The van der Waals surface area contributed by atoms with Crippen LogP contribution in [0.5, 0.6) is 0 Å². The lowest BCUT2D eigenvalue weighted by Crippen LogP contribution is -2.61. The van der Waals surface area contributed by atoms with Gasteiger partial charge in [-0.25, -0.2) is 4.79 Å². The molecule has 1 aromatic rings. The van der Waals surface area contributed by atoms with Gasteiger partial charge in [-0.2, -0.15) is 0 Å². The highest BCUT2D eigenvalue weighted by Crippen LogP contribution is 2.29. The molecule has 0 saturated heterocycles. The molecule has 0 radical (unpaired) electrons. The monoisotopic (exact) mass is 501 g/mol. The van der Waals surface area contributed by atoms with Crippen molar-refractivity contribution in [2.24, 2.45) is 11.3 Å². The minimum atomic E-state index is -0.769. The molecule has 0 heterocycles. The van der Waals surface area contributed by atoms with Crippen molar-refractivity contribution in [2.75, 3.05) is 20.7 Å². The first-order valence-corrected chi connectivity index (χ1v) is 12.7. The summed E-state index contributed by atoms with van der Waals surface area (Å²) < 4.78 is 5.11. The second-order valence-electron chi connectivity index (χ2n) is 11.4. The molecule has 3 atom stereocenters. The third kappa shape index (κ3) is 7.92. The summed E-state index contributed by atoms with van der Waals surface area (Å²) >= 11 is 0. The molecule has 0 fully saturated rings. The number of nitrogens with one attached hydrogen (secondary N) is 2. The lowest BCUT2D eigenvalue weighted by molar-refractivity contribution is -0.141. The lowest BCUT2D eigenvalue weighted by Gasteiger charge is -2.40. The van der Waals surface area contributed by atoms with Crippen molar-refractivity contribution < 1.29 is 19.1 Å². The van der Waals surface area contributed by atoms with E-state index in [4.69, 9.17) is 4.74 Å². The van der Waals surface area contributed by atoms with Crippen LogP contribution < -0.4 is 10.6 Å². The number of ether oxygens (including phenoxy) is 1. The Kier molecular flexibility index (Phi) is 11.4. The summed E-state index contributed by atoms with van der Waals surface area (Å²) in [6.45, 7) is 17.6. The molecule has 36 heavy (non-hydrogen) atoms. The smallest absolute Gasteiger partial charge is 0.333 e. The van der Waals surface area contributed by atoms with Gasteiger partial charge in [-0.05, 0) is 37.8 Å². The average molecular weight is 502 g/mol. The fourth-order valence-corrected chi connectivity index (χ4v) is 4.40. The Morgan fingerprint density at radius 1 is 1.03 bits per heavy atom. The quantitative estimate of drug-likeness (QED) is 0.352. The van der Waals surface area contributed by atoms with Crippen LogP contribution in [0.4, 0.5) is 0 Å². The first-order valence-electron chi connectivity index (χ1n) is 12.7. The molecule has 0 aliphatic heterocycles. The number of rotatable bonds is 11. The number of hydrogen-bond acceptors (Lipinski definition) is 5. The summed E-state index contributed by atoms with van der Waals surface area (Å²) in [4.78, 5) is 41.2. The van der Waals surface area contributed by atoms with Gasteiger partial charge >= 0.3 is 5.97 Å². The number of hydrogen-bond donors (Lipinski definition) is 2. The van der Waals surface area contributed by atoms with Crippen LogP contribution >= 0.6 is 0 Å².